The number of carbonyl (C=O) groups is 2. The van der Waals surface area contributed by atoms with Gasteiger partial charge in [-0.2, -0.15) is 0 Å². The molecule has 0 bridgehead atoms. The maximum Gasteiger partial charge on any atom is 0.337 e. The van der Waals surface area contributed by atoms with Crippen molar-refractivity contribution in [1.29, 1.82) is 0 Å². The Bertz CT molecular complexity index is 940. The Morgan fingerprint density at radius 2 is 1.91 bits per heavy atom. The van der Waals surface area contributed by atoms with E-state index in [4.69, 9.17) is 4.74 Å². The van der Waals surface area contributed by atoms with Crippen LogP contribution in [0.2, 0.25) is 0 Å². The average molecular weight is 450 g/mol. The van der Waals surface area contributed by atoms with Gasteiger partial charge in [-0.3, -0.25) is 4.79 Å². The van der Waals surface area contributed by atoms with Crippen LogP contribution in [0.3, 0.4) is 0 Å². The molecule has 5 nitrogen and oxygen atoms in total. The fourth-order valence-corrected chi connectivity index (χ4v) is 4.31. The topological polar surface area (TPSA) is 66.8 Å². The number of methoxy groups -OCH3 is 1. The van der Waals surface area contributed by atoms with E-state index in [2.05, 4.69) is 19.1 Å². The SMILES string of the molecule is COC(=O)c1cccc(CCCN2C(=O)CCC2C=C[C@@H](O)[C@@H](C)CCc2ccccc2)c1. The van der Waals surface area contributed by atoms with Gasteiger partial charge in [0.1, 0.15) is 0 Å². The summed E-state index contributed by atoms with van der Waals surface area (Å²) in [7, 11) is 1.38. The number of likely N-dealkylation sites (tertiary alicyclic amines) is 1. The van der Waals surface area contributed by atoms with Gasteiger partial charge < -0.3 is 14.7 Å². The highest BCUT2D eigenvalue weighted by atomic mass is 16.5. The molecule has 176 valence electrons. The number of aryl methyl sites for hydroxylation is 2. The Hall–Kier alpha value is -2.92. The predicted molar refractivity (Wildman–Crippen MR) is 130 cm³/mol. The van der Waals surface area contributed by atoms with Crippen molar-refractivity contribution in [2.75, 3.05) is 13.7 Å². The number of amides is 1. The molecule has 1 fully saturated rings. The van der Waals surface area contributed by atoms with Crippen LogP contribution in [0.5, 0.6) is 0 Å². The maximum atomic E-state index is 12.4. The number of carbonyl (C=O) groups excluding carboxylic acids is 2. The summed E-state index contributed by atoms with van der Waals surface area (Å²) in [6.07, 6.45) is 8.14. The second kappa shape index (κ2) is 12.4. The van der Waals surface area contributed by atoms with Crippen LogP contribution < -0.4 is 0 Å². The van der Waals surface area contributed by atoms with Gasteiger partial charge in [0.2, 0.25) is 5.91 Å². The van der Waals surface area contributed by atoms with Crippen LogP contribution in [0.15, 0.2) is 66.7 Å². The van der Waals surface area contributed by atoms with Crippen LogP contribution in [0.25, 0.3) is 0 Å². The number of ether oxygens (including phenoxy) is 1. The second-order valence-corrected chi connectivity index (χ2v) is 8.87. The van der Waals surface area contributed by atoms with E-state index >= 15 is 0 Å². The maximum absolute atomic E-state index is 12.4. The highest BCUT2D eigenvalue weighted by Gasteiger charge is 2.28. The van der Waals surface area contributed by atoms with E-state index in [1.54, 1.807) is 6.07 Å². The Morgan fingerprint density at radius 3 is 2.67 bits per heavy atom. The van der Waals surface area contributed by atoms with E-state index in [0.29, 0.717) is 18.5 Å². The highest BCUT2D eigenvalue weighted by molar-refractivity contribution is 5.89. The number of benzene rings is 2. The number of esters is 1. The van der Waals surface area contributed by atoms with Gasteiger partial charge in [-0.05, 0) is 61.3 Å². The zero-order valence-electron chi connectivity index (χ0n) is 19.7. The molecule has 2 aromatic rings. The molecule has 0 radical (unpaired) electrons. The van der Waals surface area contributed by atoms with Crippen LogP contribution in [0, 0.1) is 5.92 Å². The number of hydrogen-bond donors (Lipinski definition) is 1. The molecule has 0 saturated carbocycles. The molecule has 1 N–H and O–H groups in total. The zero-order valence-corrected chi connectivity index (χ0v) is 19.7. The molecule has 0 aromatic heterocycles. The largest absolute Gasteiger partial charge is 0.465 e. The number of hydrogen-bond acceptors (Lipinski definition) is 4. The first-order valence-corrected chi connectivity index (χ1v) is 11.8. The van der Waals surface area contributed by atoms with E-state index in [0.717, 1.165) is 37.7 Å². The van der Waals surface area contributed by atoms with Crippen LogP contribution >= 0.6 is 0 Å². The van der Waals surface area contributed by atoms with Crippen LogP contribution in [-0.4, -0.2) is 47.7 Å². The summed E-state index contributed by atoms with van der Waals surface area (Å²) in [6, 6.07) is 17.8. The fourth-order valence-electron chi connectivity index (χ4n) is 4.31. The van der Waals surface area contributed by atoms with Crippen molar-refractivity contribution in [3.63, 3.8) is 0 Å². The molecule has 2 aromatic carbocycles. The second-order valence-electron chi connectivity index (χ2n) is 8.87. The summed E-state index contributed by atoms with van der Waals surface area (Å²) >= 11 is 0. The third kappa shape index (κ3) is 7.29. The summed E-state index contributed by atoms with van der Waals surface area (Å²) in [4.78, 5) is 26.1. The third-order valence-corrected chi connectivity index (χ3v) is 6.43. The molecule has 1 amide bonds. The standard InChI is InChI=1S/C28H35NO4/c1-21(13-14-22-8-4-3-5-9-22)26(30)17-15-25-16-18-27(31)29(25)19-7-11-23-10-6-12-24(20-23)28(32)33-2/h3-6,8-10,12,15,17,20-21,25-26,30H,7,11,13-14,16,18-19H2,1-2H3/t21-,25?,26+/m0/s1. The van der Waals surface area contributed by atoms with Gasteiger partial charge in [0, 0.05) is 13.0 Å². The summed E-state index contributed by atoms with van der Waals surface area (Å²) in [6.45, 7) is 2.73. The van der Waals surface area contributed by atoms with Crippen molar-refractivity contribution in [3.8, 4) is 0 Å². The molecule has 1 saturated heterocycles. The first-order chi connectivity index (χ1) is 16.0. The molecule has 0 aliphatic carbocycles. The minimum Gasteiger partial charge on any atom is -0.465 e. The summed E-state index contributed by atoms with van der Waals surface area (Å²) < 4.78 is 4.79. The van der Waals surface area contributed by atoms with E-state index in [9.17, 15) is 14.7 Å². The monoisotopic (exact) mass is 449 g/mol. The molecular formula is C28H35NO4. The van der Waals surface area contributed by atoms with Crippen LogP contribution in [0.1, 0.15) is 54.1 Å². The molecule has 3 rings (SSSR count). The van der Waals surface area contributed by atoms with Gasteiger partial charge in [0.15, 0.2) is 0 Å². The van der Waals surface area contributed by atoms with E-state index < -0.39 is 6.10 Å². The Labute approximate surface area is 197 Å². The van der Waals surface area contributed by atoms with E-state index in [1.165, 1.54) is 12.7 Å². The Morgan fingerprint density at radius 1 is 1.15 bits per heavy atom. The van der Waals surface area contributed by atoms with E-state index in [1.807, 2.05) is 53.5 Å². The molecule has 1 aliphatic rings. The lowest BCUT2D eigenvalue weighted by Crippen LogP contribution is -2.33. The summed E-state index contributed by atoms with van der Waals surface area (Å²) in [5, 5.41) is 10.6. The first-order valence-electron chi connectivity index (χ1n) is 11.8. The minimum absolute atomic E-state index is 0.0369. The van der Waals surface area contributed by atoms with Crippen LogP contribution in [-0.2, 0) is 22.4 Å². The van der Waals surface area contributed by atoms with Crippen molar-refractivity contribution in [3.05, 3.63) is 83.4 Å². The molecule has 1 heterocycles. The van der Waals surface area contributed by atoms with Gasteiger partial charge >= 0.3 is 5.97 Å². The number of rotatable bonds is 11. The third-order valence-electron chi connectivity index (χ3n) is 6.43. The van der Waals surface area contributed by atoms with Gasteiger partial charge in [0.05, 0.1) is 24.8 Å². The number of nitrogens with zero attached hydrogens (tertiary/aromatic N) is 1. The molecule has 1 unspecified atom stereocenters. The Balaban J connectivity index is 1.48. The average Bonchev–Trinajstić information content (AvgIpc) is 3.20. The lowest BCUT2D eigenvalue weighted by molar-refractivity contribution is -0.128. The van der Waals surface area contributed by atoms with Crippen molar-refractivity contribution in [2.45, 2.75) is 57.6 Å². The zero-order chi connectivity index (χ0) is 23.6. The minimum atomic E-state index is -0.521. The van der Waals surface area contributed by atoms with Gasteiger partial charge in [0.25, 0.3) is 0 Å². The first kappa shape index (κ1) is 24.7. The predicted octanol–water partition coefficient (Wildman–Crippen LogP) is 4.58. The van der Waals surface area contributed by atoms with E-state index in [-0.39, 0.29) is 23.8 Å². The molecular weight excluding hydrogens is 414 g/mol. The van der Waals surface area contributed by atoms with Crippen molar-refractivity contribution >= 4 is 11.9 Å². The van der Waals surface area contributed by atoms with Crippen molar-refractivity contribution in [2.24, 2.45) is 5.92 Å². The number of aliphatic hydroxyl groups excluding tert-OH is 1. The molecule has 33 heavy (non-hydrogen) atoms. The van der Waals surface area contributed by atoms with Crippen molar-refractivity contribution in [1.82, 2.24) is 4.90 Å². The van der Waals surface area contributed by atoms with Crippen molar-refractivity contribution < 1.29 is 19.4 Å². The molecule has 1 aliphatic heterocycles. The number of aliphatic hydroxyl groups is 1. The molecule has 3 atom stereocenters. The fraction of sp³-hybridized carbons (Fsp3) is 0.429. The summed E-state index contributed by atoms with van der Waals surface area (Å²) in [5.41, 5.74) is 2.88. The van der Waals surface area contributed by atoms with Gasteiger partial charge in [-0.15, -0.1) is 0 Å². The molecule has 0 spiro atoms. The summed E-state index contributed by atoms with van der Waals surface area (Å²) in [5.74, 6) is -0.0259. The Kier molecular flexibility index (Phi) is 9.25. The quantitative estimate of drug-likeness (QED) is 0.403. The van der Waals surface area contributed by atoms with Crippen LogP contribution in [0.4, 0.5) is 0 Å². The van der Waals surface area contributed by atoms with Gasteiger partial charge in [-0.25, -0.2) is 4.79 Å². The normalized spacial score (nSPS) is 18.0. The molecule has 5 heteroatoms. The lowest BCUT2D eigenvalue weighted by Gasteiger charge is -2.23. The highest BCUT2D eigenvalue weighted by Crippen LogP contribution is 2.22. The smallest absolute Gasteiger partial charge is 0.337 e. The van der Waals surface area contributed by atoms with Gasteiger partial charge in [-0.1, -0.05) is 61.5 Å². The lowest BCUT2D eigenvalue weighted by atomic mass is 9.95.